The molecule has 0 fully saturated rings. The normalized spacial score (nSPS) is 11.0. The number of nitrogens with two attached hydrogens (primary N) is 1. The van der Waals surface area contributed by atoms with Crippen molar-refractivity contribution in [1.29, 1.82) is 0 Å². The molecule has 0 atom stereocenters. The van der Waals surface area contributed by atoms with E-state index in [0.717, 1.165) is 0 Å². The molecular formula is C4H11N4O2+. The van der Waals surface area contributed by atoms with Crippen LogP contribution < -0.4 is 5.73 Å². The van der Waals surface area contributed by atoms with Crippen LogP contribution in [0.3, 0.4) is 0 Å². The fourth-order valence-corrected chi connectivity index (χ4v) is 0.487. The average Bonchev–Trinajstić information content (AvgIpc) is 2.00. The third-order valence-corrected chi connectivity index (χ3v) is 1.14. The third-order valence-electron chi connectivity index (χ3n) is 1.14. The largest absolute Gasteiger partial charge is 0.330 e. The van der Waals surface area contributed by atoms with Gasteiger partial charge >= 0.3 is 0 Å². The lowest BCUT2D eigenvalue weighted by Gasteiger charge is -2.09. The third kappa shape index (κ3) is 2.60. The minimum absolute atomic E-state index is 0.267. The van der Waals surface area contributed by atoms with E-state index in [9.17, 15) is 9.81 Å². The Balaban J connectivity index is 3.80. The van der Waals surface area contributed by atoms with Gasteiger partial charge in [-0.05, 0) is 11.2 Å². The molecule has 0 aromatic heterocycles. The van der Waals surface area contributed by atoms with Gasteiger partial charge in [0.05, 0.1) is 0 Å². The molecule has 0 saturated heterocycles. The number of rotatable bonds is 5. The van der Waals surface area contributed by atoms with Gasteiger partial charge in [0.1, 0.15) is 13.6 Å². The SMILES string of the molecule is C[N+](CCCN)(N=O)N=O. The van der Waals surface area contributed by atoms with E-state index in [1.54, 1.807) is 0 Å². The quantitative estimate of drug-likeness (QED) is 0.341. The highest BCUT2D eigenvalue weighted by atomic mass is 16.4. The Bertz CT molecular complexity index is 118. The number of nitrogens with zero attached hydrogens (tertiary/aromatic N) is 3. The zero-order valence-electron chi connectivity index (χ0n) is 5.86. The number of nitroso groups, excluding NO2 is 2. The molecule has 0 aliphatic rings. The zero-order chi connectivity index (χ0) is 8.04. The van der Waals surface area contributed by atoms with Gasteiger partial charge in [-0.1, -0.05) is 9.81 Å². The standard InChI is InChI=1S/C4H11N4O2/c1-8(6-9,7-10)4-2-3-5/h2-5H2,1H3/q+1. The van der Waals surface area contributed by atoms with Gasteiger partial charge in [0.2, 0.25) is 0 Å². The molecule has 0 aliphatic carbocycles. The van der Waals surface area contributed by atoms with Crippen LogP contribution >= 0.6 is 0 Å². The van der Waals surface area contributed by atoms with Crippen molar-refractivity contribution in [3.8, 4) is 0 Å². The van der Waals surface area contributed by atoms with E-state index in [1.165, 1.54) is 7.05 Å². The maximum atomic E-state index is 9.95. The van der Waals surface area contributed by atoms with E-state index in [1.807, 2.05) is 0 Å². The Morgan fingerprint density at radius 2 is 1.90 bits per heavy atom. The summed E-state index contributed by atoms with van der Waals surface area (Å²) in [6.45, 7) is 0.697. The van der Waals surface area contributed by atoms with Gasteiger partial charge in [-0.2, -0.15) is 0 Å². The van der Waals surface area contributed by atoms with Crippen LogP contribution in [0.15, 0.2) is 10.6 Å². The van der Waals surface area contributed by atoms with Crippen molar-refractivity contribution in [3.63, 3.8) is 0 Å². The molecular weight excluding hydrogens is 136 g/mol. The Labute approximate surface area is 58.5 Å². The summed E-state index contributed by atoms with van der Waals surface area (Å²) >= 11 is 0. The van der Waals surface area contributed by atoms with Crippen molar-refractivity contribution in [2.24, 2.45) is 16.3 Å². The van der Waals surface area contributed by atoms with Crippen molar-refractivity contribution in [1.82, 2.24) is 0 Å². The van der Waals surface area contributed by atoms with E-state index < -0.39 is 4.70 Å². The second kappa shape index (κ2) is 4.02. The maximum absolute atomic E-state index is 9.95. The van der Waals surface area contributed by atoms with E-state index in [4.69, 9.17) is 5.73 Å². The van der Waals surface area contributed by atoms with Gasteiger partial charge in [0.25, 0.3) is 0 Å². The summed E-state index contributed by atoms with van der Waals surface area (Å²) in [6, 6.07) is 0. The molecule has 0 rings (SSSR count). The summed E-state index contributed by atoms with van der Waals surface area (Å²) in [5.41, 5.74) is 5.15. The minimum atomic E-state index is -0.697. The highest BCUT2D eigenvalue weighted by molar-refractivity contribution is 4.34. The van der Waals surface area contributed by atoms with Crippen molar-refractivity contribution < 1.29 is 4.70 Å². The smallest absolute Gasteiger partial charge is 0.185 e. The van der Waals surface area contributed by atoms with Gasteiger partial charge in [0, 0.05) is 6.42 Å². The summed E-state index contributed by atoms with van der Waals surface area (Å²) in [6.07, 6.45) is 0.563. The zero-order valence-corrected chi connectivity index (χ0v) is 5.86. The van der Waals surface area contributed by atoms with Crippen molar-refractivity contribution in [2.75, 3.05) is 20.1 Å². The summed E-state index contributed by atoms with van der Waals surface area (Å²) in [5.74, 6) is 0. The number of hydrogen-bond acceptors (Lipinski definition) is 5. The topological polar surface area (TPSA) is 84.9 Å². The second-order valence-electron chi connectivity index (χ2n) is 2.12. The highest BCUT2D eigenvalue weighted by Crippen LogP contribution is 2.03. The lowest BCUT2D eigenvalue weighted by molar-refractivity contribution is -0.926. The summed E-state index contributed by atoms with van der Waals surface area (Å²) < 4.78 is -0.697. The second-order valence-corrected chi connectivity index (χ2v) is 2.12. The number of hydrogen-bond donors (Lipinski definition) is 1. The fraction of sp³-hybridized carbons (Fsp3) is 1.00. The molecule has 0 saturated carbocycles. The van der Waals surface area contributed by atoms with Gasteiger partial charge < -0.3 is 5.73 Å². The van der Waals surface area contributed by atoms with Crippen molar-refractivity contribution in [3.05, 3.63) is 9.81 Å². The van der Waals surface area contributed by atoms with Crippen LogP contribution in [-0.4, -0.2) is 24.8 Å². The molecule has 58 valence electrons. The molecule has 0 heterocycles. The van der Waals surface area contributed by atoms with Crippen LogP contribution in [0.2, 0.25) is 0 Å². The molecule has 2 N–H and O–H groups in total. The Kier molecular flexibility index (Phi) is 3.67. The molecule has 6 nitrogen and oxygen atoms in total. The molecule has 6 heteroatoms. The molecule has 0 bridgehead atoms. The molecule has 10 heavy (non-hydrogen) atoms. The van der Waals surface area contributed by atoms with Crippen LogP contribution in [0, 0.1) is 9.81 Å². The molecule has 0 aromatic carbocycles. The van der Waals surface area contributed by atoms with E-state index >= 15 is 0 Å². The van der Waals surface area contributed by atoms with Gasteiger partial charge in [-0.25, -0.2) is 0 Å². The molecule has 0 radical (unpaired) electrons. The van der Waals surface area contributed by atoms with E-state index in [0.29, 0.717) is 13.0 Å². The lowest BCUT2D eigenvalue weighted by Crippen LogP contribution is -2.33. The molecule has 0 amide bonds. The summed E-state index contributed by atoms with van der Waals surface area (Å²) in [7, 11) is 1.33. The average molecular weight is 147 g/mol. The summed E-state index contributed by atoms with van der Waals surface area (Å²) in [5, 5.41) is 5.06. The maximum Gasteiger partial charge on any atom is 0.185 e. The molecule has 0 aromatic rings. The first-order valence-electron chi connectivity index (χ1n) is 2.94. The Morgan fingerprint density at radius 3 is 2.20 bits per heavy atom. The van der Waals surface area contributed by atoms with Crippen LogP contribution in [0.4, 0.5) is 0 Å². The van der Waals surface area contributed by atoms with Gasteiger partial charge in [0.15, 0.2) is 10.6 Å². The molecule has 0 unspecified atom stereocenters. The first-order chi connectivity index (χ1) is 4.68. The highest BCUT2D eigenvalue weighted by Gasteiger charge is 2.23. The predicted molar refractivity (Wildman–Crippen MR) is 36.3 cm³/mol. The Hall–Kier alpha value is -0.880. The predicted octanol–water partition coefficient (Wildman–Crippen LogP) is 0.145. The first-order valence-corrected chi connectivity index (χ1v) is 2.94. The van der Waals surface area contributed by atoms with Crippen molar-refractivity contribution >= 4 is 0 Å². The van der Waals surface area contributed by atoms with E-state index in [2.05, 4.69) is 10.6 Å². The van der Waals surface area contributed by atoms with Crippen LogP contribution in [0.1, 0.15) is 6.42 Å². The minimum Gasteiger partial charge on any atom is -0.330 e. The van der Waals surface area contributed by atoms with Crippen LogP contribution in [-0.2, 0) is 0 Å². The molecule has 0 spiro atoms. The lowest BCUT2D eigenvalue weighted by atomic mass is 10.4. The summed E-state index contributed by atoms with van der Waals surface area (Å²) in [4.78, 5) is 19.9. The first kappa shape index (κ1) is 9.12. The van der Waals surface area contributed by atoms with E-state index in [-0.39, 0.29) is 6.54 Å². The molecule has 0 aliphatic heterocycles. The Morgan fingerprint density at radius 1 is 1.40 bits per heavy atom. The van der Waals surface area contributed by atoms with Gasteiger partial charge in [-0.3, -0.25) is 0 Å². The van der Waals surface area contributed by atoms with Crippen LogP contribution in [0.25, 0.3) is 0 Å². The fourth-order valence-electron chi connectivity index (χ4n) is 0.487. The van der Waals surface area contributed by atoms with Crippen LogP contribution in [0.5, 0.6) is 0 Å². The van der Waals surface area contributed by atoms with Gasteiger partial charge in [-0.15, -0.1) is 0 Å². The monoisotopic (exact) mass is 147 g/mol. The van der Waals surface area contributed by atoms with Crippen molar-refractivity contribution in [2.45, 2.75) is 6.42 Å². The number of quaternary nitrogens is 1.